The second-order valence-electron chi connectivity index (χ2n) is 5.84. The number of anilines is 1. The van der Waals surface area contributed by atoms with Crippen molar-refractivity contribution in [1.82, 2.24) is 5.32 Å². The lowest BCUT2D eigenvalue weighted by atomic mass is 9.86. The van der Waals surface area contributed by atoms with Crippen LogP contribution < -0.4 is 10.6 Å². The van der Waals surface area contributed by atoms with Gasteiger partial charge in [-0.1, -0.05) is 41.9 Å². The van der Waals surface area contributed by atoms with Gasteiger partial charge in [0.2, 0.25) is 0 Å². The number of amides is 1. The number of alkyl carbamates (subject to hydrolysis) is 1. The van der Waals surface area contributed by atoms with Crippen LogP contribution in [0.1, 0.15) is 18.4 Å². The number of carbonyl (C=O) groups is 1. The molecule has 1 aliphatic carbocycles. The summed E-state index contributed by atoms with van der Waals surface area (Å²) in [6, 6.07) is 14.4. The van der Waals surface area contributed by atoms with E-state index in [2.05, 4.69) is 10.6 Å². The van der Waals surface area contributed by atoms with Crippen LogP contribution >= 0.6 is 11.6 Å². The molecule has 0 aliphatic heterocycles. The topological polar surface area (TPSA) is 50.4 Å². The van der Waals surface area contributed by atoms with E-state index in [0.29, 0.717) is 5.69 Å². The zero-order valence-corrected chi connectivity index (χ0v) is 13.7. The Morgan fingerprint density at radius 2 is 1.92 bits per heavy atom. The summed E-state index contributed by atoms with van der Waals surface area (Å²) in [6.45, 7) is 0.255. The van der Waals surface area contributed by atoms with Crippen LogP contribution in [0.2, 0.25) is 5.02 Å². The molecule has 0 atom stereocenters. The van der Waals surface area contributed by atoms with Gasteiger partial charge >= 0.3 is 6.09 Å². The summed E-state index contributed by atoms with van der Waals surface area (Å²) in [4.78, 5) is 11.7. The zero-order chi connectivity index (χ0) is 16.9. The highest BCUT2D eigenvalue weighted by atomic mass is 35.5. The molecule has 0 heterocycles. The van der Waals surface area contributed by atoms with Gasteiger partial charge in [-0.3, -0.25) is 0 Å². The largest absolute Gasteiger partial charge is 0.445 e. The summed E-state index contributed by atoms with van der Waals surface area (Å²) >= 11 is 5.66. The highest BCUT2D eigenvalue weighted by Crippen LogP contribution is 2.26. The smallest absolute Gasteiger partial charge is 0.407 e. The third-order valence-corrected chi connectivity index (χ3v) is 4.27. The molecule has 2 aromatic rings. The lowest BCUT2D eigenvalue weighted by Crippen LogP contribution is -2.49. The van der Waals surface area contributed by atoms with Gasteiger partial charge in [-0.25, -0.2) is 9.18 Å². The Hall–Kier alpha value is -2.27. The summed E-state index contributed by atoms with van der Waals surface area (Å²) in [6.07, 6.45) is 1.12. The van der Waals surface area contributed by atoms with Gasteiger partial charge in [0.05, 0.1) is 5.02 Å². The Labute approximate surface area is 145 Å². The lowest BCUT2D eigenvalue weighted by Gasteiger charge is -2.36. The van der Waals surface area contributed by atoms with E-state index in [1.54, 1.807) is 6.07 Å². The van der Waals surface area contributed by atoms with Crippen molar-refractivity contribution in [2.75, 3.05) is 5.32 Å². The van der Waals surface area contributed by atoms with Crippen molar-refractivity contribution < 1.29 is 13.9 Å². The van der Waals surface area contributed by atoms with Crippen LogP contribution in [0.5, 0.6) is 0 Å². The van der Waals surface area contributed by atoms with Crippen LogP contribution in [0.3, 0.4) is 0 Å². The van der Waals surface area contributed by atoms with Gasteiger partial charge in [-0.2, -0.15) is 0 Å². The van der Waals surface area contributed by atoms with Crippen molar-refractivity contribution in [2.45, 2.75) is 31.5 Å². The fourth-order valence-electron chi connectivity index (χ4n) is 2.61. The lowest BCUT2D eigenvalue weighted by molar-refractivity contribution is 0.129. The number of nitrogens with one attached hydrogen (secondary N) is 2. The van der Waals surface area contributed by atoms with Crippen molar-refractivity contribution >= 4 is 23.4 Å². The molecule has 2 aromatic carbocycles. The van der Waals surface area contributed by atoms with Crippen molar-refractivity contribution in [2.24, 2.45) is 0 Å². The molecule has 0 saturated heterocycles. The van der Waals surface area contributed by atoms with Crippen LogP contribution in [0.4, 0.5) is 14.9 Å². The monoisotopic (exact) mass is 348 g/mol. The zero-order valence-electron chi connectivity index (χ0n) is 13.0. The standard InChI is InChI=1S/C18H18ClFN2O2/c19-16-7-6-13(10-17(16)20)21-14-8-15(9-14)22-18(23)24-11-12-4-2-1-3-5-12/h1-7,10,14-15,21H,8-9,11H2,(H,22,23). The molecule has 2 N–H and O–H groups in total. The Balaban J connectivity index is 1.37. The van der Waals surface area contributed by atoms with Gasteiger partial charge in [0.25, 0.3) is 0 Å². The molecule has 4 nitrogen and oxygen atoms in total. The van der Waals surface area contributed by atoms with Gasteiger partial charge in [-0.15, -0.1) is 0 Å². The highest BCUT2D eigenvalue weighted by Gasteiger charge is 2.30. The number of benzene rings is 2. The van der Waals surface area contributed by atoms with E-state index < -0.39 is 11.9 Å². The van der Waals surface area contributed by atoms with Gasteiger partial charge in [0, 0.05) is 17.8 Å². The van der Waals surface area contributed by atoms with E-state index >= 15 is 0 Å². The first-order chi connectivity index (χ1) is 11.6. The van der Waals surface area contributed by atoms with E-state index in [9.17, 15) is 9.18 Å². The maximum absolute atomic E-state index is 13.4. The third-order valence-electron chi connectivity index (χ3n) is 3.96. The number of halogens is 2. The summed E-state index contributed by atoms with van der Waals surface area (Å²) in [7, 11) is 0. The van der Waals surface area contributed by atoms with E-state index in [0.717, 1.165) is 18.4 Å². The maximum Gasteiger partial charge on any atom is 0.407 e. The number of hydrogen-bond donors (Lipinski definition) is 2. The predicted octanol–water partition coefficient (Wildman–Crippen LogP) is 4.35. The molecule has 1 amide bonds. The summed E-state index contributed by atoms with van der Waals surface area (Å²) in [5.74, 6) is -0.444. The minimum absolute atomic E-state index is 0.0721. The molecule has 0 spiro atoms. The Morgan fingerprint density at radius 3 is 2.62 bits per heavy atom. The van der Waals surface area contributed by atoms with Gasteiger partial charge < -0.3 is 15.4 Å². The van der Waals surface area contributed by atoms with Crippen molar-refractivity contribution in [3.63, 3.8) is 0 Å². The second-order valence-corrected chi connectivity index (χ2v) is 6.25. The quantitative estimate of drug-likeness (QED) is 0.844. The average molecular weight is 349 g/mol. The SMILES string of the molecule is O=C(NC1CC(Nc2ccc(Cl)c(F)c2)C1)OCc1ccccc1. The molecule has 1 fully saturated rings. The predicted molar refractivity (Wildman–Crippen MR) is 91.6 cm³/mol. The van der Waals surface area contributed by atoms with Crippen LogP contribution in [0.25, 0.3) is 0 Å². The molecule has 0 bridgehead atoms. The first-order valence-corrected chi connectivity index (χ1v) is 8.17. The van der Waals surface area contributed by atoms with Crippen LogP contribution in [-0.4, -0.2) is 18.2 Å². The molecule has 0 radical (unpaired) electrons. The third kappa shape index (κ3) is 4.38. The van der Waals surface area contributed by atoms with E-state index in [1.165, 1.54) is 12.1 Å². The van der Waals surface area contributed by atoms with Gasteiger partial charge in [0.15, 0.2) is 0 Å². The van der Waals surface area contributed by atoms with Crippen LogP contribution in [0, 0.1) is 5.82 Å². The summed E-state index contributed by atoms with van der Waals surface area (Å²) < 4.78 is 18.6. The second kappa shape index (κ2) is 7.53. The minimum Gasteiger partial charge on any atom is -0.445 e. The first-order valence-electron chi connectivity index (χ1n) is 7.79. The molecule has 0 unspecified atom stereocenters. The van der Waals surface area contributed by atoms with Gasteiger partial charge in [0.1, 0.15) is 12.4 Å². The minimum atomic E-state index is -0.444. The Kier molecular flexibility index (Phi) is 5.20. The Bertz CT molecular complexity index is 705. The molecular formula is C18H18ClFN2O2. The first kappa shape index (κ1) is 16.6. The van der Waals surface area contributed by atoms with Crippen molar-refractivity contribution in [3.05, 3.63) is 64.9 Å². The van der Waals surface area contributed by atoms with Crippen molar-refractivity contribution in [3.8, 4) is 0 Å². The molecule has 0 aromatic heterocycles. The summed E-state index contributed by atoms with van der Waals surface area (Å²) in [5, 5.41) is 6.15. The number of ether oxygens (including phenoxy) is 1. The highest BCUT2D eigenvalue weighted by molar-refractivity contribution is 6.30. The molecule has 126 valence electrons. The van der Waals surface area contributed by atoms with Crippen LogP contribution in [-0.2, 0) is 11.3 Å². The molecule has 3 rings (SSSR count). The van der Waals surface area contributed by atoms with E-state index in [1.807, 2.05) is 30.3 Å². The number of rotatable bonds is 5. The average Bonchev–Trinajstić information content (AvgIpc) is 2.55. The van der Waals surface area contributed by atoms with E-state index in [-0.39, 0.29) is 23.7 Å². The number of carbonyl (C=O) groups excluding carboxylic acids is 1. The van der Waals surface area contributed by atoms with Crippen LogP contribution in [0.15, 0.2) is 48.5 Å². The summed E-state index contributed by atoms with van der Waals surface area (Å²) in [5.41, 5.74) is 1.64. The molecule has 1 aliphatic rings. The van der Waals surface area contributed by atoms with Gasteiger partial charge in [-0.05, 0) is 36.6 Å². The Morgan fingerprint density at radius 1 is 1.17 bits per heavy atom. The molecule has 1 saturated carbocycles. The fraction of sp³-hybridized carbons (Fsp3) is 0.278. The normalized spacial score (nSPS) is 19.2. The molecule has 6 heteroatoms. The fourth-order valence-corrected chi connectivity index (χ4v) is 2.72. The number of hydrogen-bond acceptors (Lipinski definition) is 3. The maximum atomic E-state index is 13.4. The molecule has 24 heavy (non-hydrogen) atoms. The van der Waals surface area contributed by atoms with E-state index in [4.69, 9.17) is 16.3 Å². The molecular weight excluding hydrogens is 331 g/mol. The van der Waals surface area contributed by atoms with Crippen molar-refractivity contribution in [1.29, 1.82) is 0 Å².